The van der Waals surface area contributed by atoms with E-state index in [1.54, 1.807) is 0 Å². The van der Waals surface area contributed by atoms with Crippen molar-refractivity contribution in [3.63, 3.8) is 0 Å². The van der Waals surface area contributed by atoms with Crippen LogP contribution in [-0.4, -0.2) is 37.0 Å². The molecule has 0 spiro atoms. The molecular formula is C14H21N3O2. The lowest BCUT2D eigenvalue weighted by molar-refractivity contribution is -0.115. The first-order valence-corrected chi connectivity index (χ1v) is 6.42. The van der Waals surface area contributed by atoms with Crippen LogP contribution in [-0.2, 0) is 11.2 Å². The molecule has 0 bridgehead atoms. The second-order valence-electron chi connectivity index (χ2n) is 4.41. The Kier molecular flexibility index (Phi) is 6.60. The number of nitrogens with two attached hydrogens (primary N) is 1. The van der Waals surface area contributed by atoms with Gasteiger partial charge in [0.05, 0.1) is 0 Å². The monoisotopic (exact) mass is 263 g/mol. The molecule has 1 aromatic rings. The van der Waals surface area contributed by atoms with Crippen LogP contribution in [0.5, 0.6) is 0 Å². The number of hydrogen-bond acceptors (Lipinski definition) is 3. The first kappa shape index (κ1) is 15.2. The molecule has 0 unspecified atom stereocenters. The van der Waals surface area contributed by atoms with Gasteiger partial charge in [0.15, 0.2) is 0 Å². The number of nitrogens with one attached hydrogen (secondary N) is 1. The number of amides is 3. The van der Waals surface area contributed by atoms with Crippen LogP contribution in [0.3, 0.4) is 0 Å². The molecule has 0 heterocycles. The maximum Gasteiger partial charge on any atom is 0.323 e. The summed E-state index contributed by atoms with van der Waals surface area (Å²) in [6.07, 6.45) is 1.90. The molecule has 1 rings (SSSR count). The first-order valence-electron chi connectivity index (χ1n) is 6.42. The highest BCUT2D eigenvalue weighted by atomic mass is 16.2. The minimum Gasteiger partial charge on any atom is -0.337 e. The van der Waals surface area contributed by atoms with E-state index in [-0.39, 0.29) is 6.03 Å². The van der Waals surface area contributed by atoms with Gasteiger partial charge in [0.2, 0.25) is 6.41 Å². The van der Waals surface area contributed by atoms with Crippen LogP contribution in [0.2, 0.25) is 0 Å². The highest BCUT2D eigenvalue weighted by Gasteiger charge is 2.10. The summed E-state index contributed by atoms with van der Waals surface area (Å²) in [5.74, 6) is 0. The Balaban J connectivity index is 2.35. The van der Waals surface area contributed by atoms with Gasteiger partial charge in [-0.3, -0.25) is 9.69 Å². The summed E-state index contributed by atoms with van der Waals surface area (Å²) in [5.41, 5.74) is 7.71. The predicted octanol–water partition coefficient (Wildman–Crippen LogP) is 1.05. The van der Waals surface area contributed by atoms with Gasteiger partial charge < -0.3 is 11.1 Å². The third-order valence-electron chi connectivity index (χ3n) is 2.76. The molecule has 0 atom stereocenters. The maximum atomic E-state index is 11.7. The van der Waals surface area contributed by atoms with Crippen LogP contribution in [0.1, 0.15) is 17.5 Å². The molecule has 3 N–H and O–H groups in total. The minimum atomic E-state index is -0.365. The summed E-state index contributed by atoms with van der Waals surface area (Å²) in [7, 11) is 0. The van der Waals surface area contributed by atoms with E-state index in [1.807, 2.05) is 25.1 Å². The highest BCUT2D eigenvalue weighted by Crippen LogP contribution is 2.03. The molecule has 0 saturated heterocycles. The molecule has 0 saturated carbocycles. The lowest BCUT2D eigenvalue weighted by Gasteiger charge is -2.15. The van der Waals surface area contributed by atoms with E-state index in [0.29, 0.717) is 32.5 Å². The second kappa shape index (κ2) is 8.26. The minimum absolute atomic E-state index is 0.357. The summed E-state index contributed by atoms with van der Waals surface area (Å²) in [6.45, 7) is 3.36. The van der Waals surface area contributed by atoms with Crippen molar-refractivity contribution in [2.75, 3.05) is 19.6 Å². The van der Waals surface area contributed by atoms with Gasteiger partial charge >= 0.3 is 6.03 Å². The zero-order valence-corrected chi connectivity index (χ0v) is 11.3. The smallest absolute Gasteiger partial charge is 0.323 e. The fourth-order valence-electron chi connectivity index (χ4n) is 1.75. The first-order chi connectivity index (χ1) is 9.17. The number of urea groups is 1. The molecule has 5 nitrogen and oxygen atoms in total. The Morgan fingerprint density at radius 3 is 2.89 bits per heavy atom. The van der Waals surface area contributed by atoms with E-state index >= 15 is 0 Å². The number of benzene rings is 1. The fourth-order valence-corrected chi connectivity index (χ4v) is 1.75. The molecule has 0 radical (unpaired) electrons. The van der Waals surface area contributed by atoms with Crippen molar-refractivity contribution in [2.24, 2.45) is 5.73 Å². The Morgan fingerprint density at radius 1 is 1.47 bits per heavy atom. The van der Waals surface area contributed by atoms with Crippen LogP contribution in [0.25, 0.3) is 0 Å². The second-order valence-corrected chi connectivity index (χ2v) is 4.41. The average molecular weight is 263 g/mol. The van der Waals surface area contributed by atoms with Crippen LogP contribution in [0.4, 0.5) is 4.79 Å². The summed E-state index contributed by atoms with van der Waals surface area (Å²) in [5, 5.41) is 2.73. The number of hydrogen-bond donors (Lipinski definition) is 2. The van der Waals surface area contributed by atoms with Crippen LogP contribution < -0.4 is 11.1 Å². The van der Waals surface area contributed by atoms with Gasteiger partial charge in [0.1, 0.15) is 0 Å². The van der Waals surface area contributed by atoms with Crippen molar-refractivity contribution in [2.45, 2.75) is 19.8 Å². The standard InChI is InChI=1S/C14H21N3O2/c1-12-4-2-5-13(10-12)6-8-16-14(19)17(11-18)9-3-7-15/h2,4-5,10-11H,3,6-9,15H2,1H3,(H,16,19). The van der Waals surface area contributed by atoms with Gasteiger partial charge in [-0.25, -0.2) is 4.79 Å². The quantitative estimate of drug-likeness (QED) is 0.722. The van der Waals surface area contributed by atoms with Gasteiger partial charge in [-0.1, -0.05) is 29.8 Å². The van der Waals surface area contributed by atoms with E-state index in [2.05, 4.69) is 11.4 Å². The van der Waals surface area contributed by atoms with E-state index in [9.17, 15) is 9.59 Å². The molecule has 19 heavy (non-hydrogen) atoms. The molecular weight excluding hydrogens is 242 g/mol. The molecule has 0 aliphatic rings. The highest BCUT2D eigenvalue weighted by molar-refractivity contribution is 5.84. The number of aryl methyl sites for hydroxylation is 1. The molecule has 1 aromatic carbocycles. The van der Waals surface area contributed by atoms with E-state index in [0.717, 1.165) is 11.3 Å². The van der Waals surface area contributed by atoms with Crippen molar-refractivity contribution in [1.82, 2.24) is 10.2 Å². The van der Waals surface area contributed by atoms with Crippen molar-refractivity contribution < 1.29 is 9.59 Å². The summed E-state index contributed by atoms with van der Waals surface area (Å²) in [4.78, 5) is 23.5. The van der Waals surface area contributed by atoms with Gasteiger partial charge in [-0.05, 0) is 31.9 Å². The summed E-state index contributed by atoms with van der Waals surface area (Å²) < 4.78 is 0. The Hall–Kier alpha value is -1.88. The lowest BCUT2D eigenvalue weighted by atomic mass is 10.1. The van der Waals surface area contributed by atoms with Gasteiger partial charge in [-0.15, -0.1) is 0 Å². The van der Waals surface area contributed by atoms with Gasteiger partial charge in [-0.2, -0.15) is 0 Å². The topological polar surface area (TPSA) is 75.4 Å². The molecule has 3 amide bonds. The molecule has 0 aliphatic heterocycles. The fraction of sp³-hybridized carbons (Fsp3) is 0.429. The number of carbonyl (C=O) groups excluding carboxylic acids is 2. The largest absolute Gasteiger partial charge is 0.337 e. The zero-order chi connectivity index (χ0) is 14.1. The SMILES string of the molecule is Cc1cccc(CCNC(=O)N(C=O)CCCN)c1. The van der Waals surface area contributed by atoms with Gasteiger partial charge in [0, 0.05) is 13.1 Å². The maximum absolute atomic E-state index is 11.7. The summed E-state index contributed by atoms with van der Waals surface area (Å²) >= 11 is 0. The van der Waals surface area contributed by atoms with Crippen molar-refractivity contribution in [3.8, 4) is 0 Å². The third kappa shape index (κ3) is 5.52. The predicted molar refractivity (Wildman–Crippen MR) is 74.7 cm³/mol. The Bertz CT molecular complexity index is 421. The van der Waals surface area contributed by atoms with Crippen molar-refractivity contribution in [1.29, 1.82) is 0 Å². The molecule has 0 aromatic heterocycles. The number of carbonyl (C=O) groups is 2. The van der Waals surface area contributed by atoms with Crippen LogP contribution in [0, 0.1) is 6.92 Å². The van der Waals surface area contributed by atoms with E-state index in [4.69, 9.17) is 5.73 Å². The number of rotatable bonds is 7. The normalized spacial score (nSPS) is 10.0. The zero-order valence-electron chi connectivity index (χ0n) is 11.3. The molecule has 5 heteroatoms. The van der Waals surface area contributed by atoms with Crippen molar-refractivity contribution >= 4 is 12.4 Å². The van der Waals surface area contributed by atoms with E-state index < -0.39 is 0 Å². The number of imide groups is 1. The lowest BCUT2D eigenvalue weighted by Crippen LogP contribution is -2.40. The van der Waals surface area contributed by atoms with Crippen molar-refractivity contribution in [3.05, 3.63) is 35.4 Å². The molecule has 104 valence electrons. The Labute approximate surface area is 113 Å². The summed E-state index contributed by atoms with van der Waals surface area (Å²) in [6, 6.07) is 7.76. The van der Waals surface area contributed by atoms with E-state index in [1.165, 1.54) is 11.1 Å². The Morgan fingerprint density at radius 2 is 2.26 bits per heavy atom. The van der Waals surface area contributed by atoms with Gasteiger partial charge in [0.25, 0.3) is 0 Å². The number of nitrogens with zero attached hydrogens (tertiary/aromatic N) is 1. The molecule has 0 fully saturated rings. The third-order valence-corrected chi connectivity index (χ3v) is 2.76. The molecule has 0 aliphatic carbocycles. The van der Waals surface area contributed by atoms with Crippen LogP contribution in [0.15, 0.2) is 24.3 Å². The van der Waals surface area contributed by atoms with Crippen LogP contribution >= 0.6 is 0 Å². The average Bonchev–Trinajstić information content (AvgIpc) is 2.39.